The normalized spacial score (nSPS) is 9.60. The number of ether oxygens (including phenoxy) is 1. The van der Waals surface area contributed by atoms with Gasteiger partial charge in [-0.2, -0.15) is 9.59 Å². The van der Waals surface area contributed by atoms with E-state index in [9.17, 15) is 0 Å². The van der Waals surface area contributed by atoms with E-state index in [-0.39, 0.29) is 6.15 Å². The van der Waals surface area contributed by atoms with Crippen LogP contribution in [0.2, 0.25) is 0 Å². The molecule has 0 spiro atoms. The zero-order chi connectivity index (χ0) is 15.0. The van der Waals surface area contributed by atoms with E-state index in [1.807, 2.05) is 35.2 Å². The molecule has 2 aromatic rings. The molecule has 0 saturated heterocycles. The smallest absolute Gasteiger partial charge is 0.373 e. The molecular formula is C15H18N2O3. The Morgan fingerprint density at radius 1 is 1.25 bits per heavy atom. The molecule has 0 aliphatic rings. The lowest BCUT2D eigenvalue weighted by atomic mass is 10.1. The van der Waals surface area contributed by atoms with E-state index in [4.69, 9.17) is 14.3 Å². The van der Waals surface area contributed by atoms with Gasteiger partial charge in [0.1, 0.15) is 5.75 Å². The summed E-state index contributed by atoms with van der Waals surface area (Å²) >= 11 is 0. The van der Waals surface area contributed by atoms with Gasteiger partial charge in [-0.1, -0.05) is 13.8 Å². The van der Waals surface area contributed by atoms with Crippen LogP contribution in [0.4, 0.5) is 0 Å². The number of hydrogen-bond acceptors (Lipinski definition) is 4. The van der Waals surface area contributed by atoms with E-state index >= 15 is 0 Å². The third-order valence-corrected chi connectivity index (χ3v) is 2.62. The van der Waals surface area contributed by atoms with Gasteiger partial charge in [-0.05, 0) is 36.6 Å². The average molecular weight is 274 g/mol. The first-order chi connectivity index (χ1) is 9.60. The lowest BCUT2D eigenvalue weighted by Gasteiger charge is -2.03. The molecule has 106 valence electrons. The molecular weight excluding hydrogens is 256 g/mol. The van der Waals surface area contributed by atoms with Crippen molar-refractivity contribution in [3.05, 3.63) is 42.5 Å². The summed E-state index contributed by atoms with van der Waals surface area (Å²) in [6.07, 6.45) is 5.21. The lowest BCUT2D eigenvalue weighted by Crippen LogP contribution is -1.94. The summed E-state index contributed by atoms with van der Waals surface area (Å²) in [4.78, 5) is 20.7. The molecule has 1 aromatic heterocycles. The molecule has 0 bridgehead atoms. The van der Waals surface area contributed by atoms with Crippen LogP contribution in [0.5, 0.6) is 5.75 Å². The highest BCUT2D eigenvalue weighted by Crippen LogP contribution is 2.15. The van der Waals surface area contributed by atoms with Crippen molar-refractivity contribution in [1.29, 1.82) is 0 Å². The number of hydrogen-bond donors (Lipinski definition) is 0. The lowest BCUT2D eigenvalue weighted by molar-refractivity contribution is -0.191. The average Bonchev–Trinajstić information content (AvgIpc) is 2.87. The van der Waals surface area contributed by atoms with E-state index in [2.05, 4.69) is 25.0 Å². The van der Waals surface area contributed by atoms with Crippen molar-refractivity contribution in [1.82, 2.24) is 9.55 Å². The summed E-state index contributed by atoms with van der Waals surface area (Å²) in [7, 11) is 1.67. The van der Waals surface area contributed by atoms with Crippen molar-refractivity contribution < 1.29 is 14.3 Å². The maximum Gasteiger partial charge on any atom is 0.373 e. The quantitative estimate of drug-likeness (QED) is 0.859. The van der Waals surface area contributed by atoms with Crippen LogP contribution >= 0.6 is 0 Å². The van der Waals surface area contributed by atoms with Gasteiger partial charge in [-0.3, -0.25) is 0 Å². The summed E-state index contributed by atoms with van der Waals surface area (Å²) < 4.78 is 7.18. The Labute approximate surface area is 118 Å². The standard InChI is InChI=1S/C14H18N2O.CO2/c1-11(2)8-12-9-16(10-15-12)13-4-6-14(17-3)7-5-13;2-1-3/h4-7,9-11H,8H2,1-3H3;. The summed E-state index contributed by atoms with van der Waals surface area (Å²) in [5.41, 5.74) is 2.24. The third kappa shape index (κ3) is 4.71. The predicted molar refractivity (Wildman–Crippen MR) is 73.7 cm³/mol. The Kier molecular flexibility index (Phi) is 6.20. The molecule has 0 fully saturated rings. The van der Waals surface area contributed by atoms with Gasteiger partial charge in [0.2, 0.25) is 0 Å². The number of aromatic nitrogens is 2. The molecule has 20 heavy (non-hydrogen) atoms. The number of nitrogens with zero attached hydrogens (tertiary/aromatic N) is 2. The molecule has 2 rings (SSSR count). The van der Waals surface area contributed by atoms with Crippen molar-refractivity contribution in [2.75, 3.05) is 7.11 Å². The summed E-state index contributed by atoms with van der Waals surface area (Å²) in [5, 5.41) is 0. The Morgan fingerprint density at radius 3 is 2.35 bits per heavy atom. The van der Waals surface area contributed by atoms with Crippen LogP contribution in [0.25, 0.3) is 5.69 Å². The van der Waals surface area contributed by atoms with Crippen LogP contribution in [0, 0.1) is 5.92 Å². The highest BCUT2D eigenvalue weighted by Gasteiger charge is 2.03. The first-order valence-electron chi connectivity index (χ1n) is 6.27. The third-order valence-electron chi connectivity index (χ3n) is 2.62. The largest absolute Gasteiger partial charge is 0.497 e. The molecule has 5 heteroatoms. The van der Waals surface area contributed by atoms with E-state index in [1.54, 1.807) is 7.11 Å². The monoisotopic (exact) mass is 274 g/mol. The second-order valence-corrected chi connectivity index (χ2v) is 4.65. The van der Waals surface area contributed by atoms with Crippen LogP contribution in [-0.2, 0) is 16.0 Å². The van der Waals surface area contributed by atoms with Crippen LogP contribution in [0.15, 0.2) is 36.8 Å². The minimum absolute atomic E-state index is 0.250. The number of rotatable bonds is 4. The number of methoxy groups -OCH3 is 1. The van der Waals surface area contributed by atoms with Gasteiger partial charge in [-0.25, -0.2) is 4.98 Å². The van der Waals surface area contributed by atoms with E-state index in [1.165, 1.54) is 0 Å². The van der Waals surface area contributed by atoms with Crippen LogP contribution in [-0.4, -0.2) is 22.8 Å². The summed E-state index contributed by atoms with van der Waals surface area (Å²) in [5.74, 6) is 1.51. The van der Waals surface area contributed by atoms with Gasteiger partial charge < -0.3 is 9.30 Å². The maximum absolute atomic E-state index is 8.12. The summed E-state index contributed by atoms with van der Waals surface area (Å²) in [6, 6.07) is 7.97. The zero-order valence-electron chi connectivity index (χ0n) is 11.9. The van der Waals surface area contributed by atoms with Crippen molar-refractivity contribution in [2.24, 2.45) is 5.92 Å². The second-order valence-electron chi connectivity index (χ2n) is 4.65. The Bertz CT molecular complexity index is 553. The summed E-state index contributed by atoms with van der Waals surface area (Å²) in [6.45, 7) is 4.40. The Hall–Kier alpha value is -2.39. The highest BCUT2D eigenvalue weighted by molar-refractivity contribution is 5.37. The zero-order valence-corrected chi connectivity index (χ0v) is 11.9. The predicted octanol–water partition coefficient (Wildman–Crippen LogP) is 2.50. The molecule has 0 unspecified atom stereocenters. The first kappa shape index (κ1) is 15.7. The number of carbonyl (C=O) groups excluding carboxylic acids is 2. The van der Waals surface area contributed by atoms with Crippen molar-refractivity contribution in [3.8, 4) is 11.4 Å². The van der Waals surface area contributed by atoms with Gasteiger partial charge in [0, 0.05) is 11.9 Å². The molecule has 0 atom stereocenters. The fraction of sp³-hybridized carbons (Fsp3) is 0.333. The fourth-order valence-electron chi connectivity index (χ4n) is 1.78. The van der Waals surface area contributed by atoms with Gasteiger partial charge in [0.05, 0.1) is 19.1 Å². The SMILES string of the molecule is COc1ccc(-n2cnc(CC(C)C)c2)cc1.O=C=O. The molecule has 0 N–H and O–H groups in total. The number of imidazole rings is 1. The first-order valence-corrected chi connectivity index (χ1v) is 6.27. The van der Waals surface area contributed by atoms with Crippen molar-refractivity contribution in [2.45, 2.75) is 20.3 Å². The number of benzene rings is 1. The van der Waals surface area contributed by atoms with Crippen molar-refractivity contribution >= 4 is 6.15 Å². The van der Waals surface area contributed by atoms with Crippen molar-refractivity contribution in [3.63, 3.8) is 0 Å². The molecule has 0 radical (unpaired) electrons. The molecule has 1 heterocycles. The Balaban J connectivity index is 0.000000612. The minimum atomic E-state index is 0.250. The van der Waals surface area contributed by atoms with Crippen LogP contribution < -0.4 is 4.74 Å². The molecule has 0 amide bonds. The van der Waals surface area contributed by atoms with Gasteiger partial charge in [0.15, 0.2) is 0 Å². The molecule has 0 aliphatic carbocycles. The molecule has 0 aliphatic heterocycles. The molecule has 1 aromatic carbocycles. The van der Waals surface area contributed by atoms with Gasteiger partial charge >= 0.3 is 6.15 Å². The van der Waals surface area contributed by atoms with E-state index in [0.717, 1.165) is 23.6 Å². The van der Waals surface area contributed by atoms with Crippen LogP contribution in [0.1, 0.15) is 19.5 Å². The topological polar surface area (TPSA) is 61.2 Å². The van der Waals surface area contributed by atoms with Gasteiger partial charge in [0.25, 0.3) is 0 Å². The fourth-order valence-corrected chi connectivity index (χ4v) is 1.78. The second kappa shape index (κ2) is 7.92. The van der Waals surface area contributed by atoms with E-state index < -0.39 is 0 Å². The highest BCUT2D eigenvalue weighted by atomic mass is 16.5. The van der Waals surface area contributed by atoms with Crippen LogP contribution in [0.3, 0.4) is 0 Å². The van der Waals surface area contributed by atoms with Gasteiger partial charge in [-0.15, -0.1) is 0 Å². The van der Waals surface area contributed by atoms with E-state index in [0.29, 0.717) is 5.92 Å². The Morgan fingerprint density at radius 2 is 1.85 bits per heavy atom. The maximum atomic E-state index is 8.12. The molecule has 0 saturated carbocycles. The molecule has 5 nitrogen and oxygen atoms in total. The minimum Gasteiger partial charge on any atom is -0.497 e.